The monoisotopic (exact) mass is 278 g/mol. The Bertz CT molecular complexity index is 559. The number of rotatable bonds is 6. The van der Waals surface area contributed by atoms with Crippen molar-refractivity contribution in [3.8, 4) is 5.75 Å². The number of aromatic nitrogens is 1. The maximum Gasteiger partial charge on any atom is 0.304 e. The highest BCUT2D eigenvalue weighted by atomic mass is 32.1. The van der Waals surface area contributed by atoms with Crippen LogP contribution in [0.1, 0.15) is 31.1 Å². The van der Waals surface area contributed by atoms with Crippen LogP contribution in [-0.4, -0.2) is 11.6 Å². The van der Waals surface area contributed by atoms with Crippen molar-refractivity contribution in [2.75, 3.05) is 6.61 Å². The van der Waals surface area contributed by atoms with Crippen LogP contribution < -0.4 is 14.9 Å². The third kappa shape index (κ3) is 3.94. The number of aromatic amines is 1. The molecular formula is C14H18N2O2S. The lowest BCUT2D eigenvalue weighted by Crippen LogP contribution is -2.18. The number of benzene rings is 1. The Morgan fingerprint density at radius 2 is 2.11 bits per heavy atom. The zero-order valence-electron chi connectivity index (χ0n) is 11.1. The maximum atomic E-state index is 11.0. The minimum absolute atomic E-state index is 0.00878. The predicted molar refractivity (Wildman–Crippen MR) is 77.8 cm³/mol. The normalized spacial score (nSPS) is 12.3. The van der Waals surface area contributed by atoms with Crippen molar-refractivity contribution in [1.29, 1.82) is 0 Å². The Hall–Kier alpha value is -1.59. The van der Waals surface area contributed by atoms with Gasteiger partial charge in [-0.2, -0.15) is 0 Å². The third-order valence-electron chi connectivity index (χ3n) is 2.86. The van der Waals surface area contributed by atoms with Crippen LogP contribution in [0.15, 0.2) is 34.4 Å². The summed E-state index contributed by atoms with van der Waals surface area (Å²) in [5.74, 6) is 0.889. The molecule has 0 spiro atoms. The number of hydrogen-bond acceptors (Lipinski definition) is 4. The van der Waals surface area contributed by atoms with E-state index < -0.39 is 0 Å². The van der Waals surface area contributed by atoms with Gasteiger partial charge in [-0.15, -0.1) is 0 Å². The first-order valence-electron chi connectivity index (χ1n) is 6.32. The van der Waals surface area contributed by atoms with Gasteiger partial charge >= 0.3 is 4.87 Å². The molecule has 0 amide bonds. The Morgan fingerprint density at radius 3 is 2.68 bits per heavy atom. The quantitative estimate of drug-likeness (QED) is 0.854. The van der Waals surface area contributed by atoms with Crippen molar-refractivity contribution >= 4 is 11.3 Å². The largest absolute Gasteiger partial charge is 0.494 e. The van der Waals surface area contributed by atoms with Crippen LogP contribution in [0.2, 0.25) is 0 Å². The molecule has 0 radical (unpaired) electrons. The molecule has 0 bridgehead atoms. The Labute approximate surface area is 116 Å². The average Bonchev–Trinajstić information content (AvgIpc) is 2.83. The van der Waals surface area contributed by atoms with Gasteiger partial charge < -0.3 is 15.0 Å². The SMILES string of the molecule is CCOc1ccc(C(C)NCc2csc(=O)[nH]2)cc1. The summed E-state index contributed by atoms with van der Waals surface area (Å²) in [6, 6.07) is 8.28. The number of nitrogens with one attached hydrogen (secondary N) is 2. The van der Waals surface area contributed by atoms with Gasteiger partial charge in [0.15, 0.2) is 0 Å². The molecule has 19 heavy (non-hydrogen) atoms. The molecule has 2 aromatic rings. The summed E-state index contributed by atoms with van der Waals surface area (Å²) in [5.41, 5.74) is 2.12. The van der Waals surface area contributed by atoms with E-state index >= 15 is 0 Å². The van der Waals surface area contributed by atoms with E-state index in [-0.39, 0.29) is 10.9 Å². The van der Waals surface area contributed by atoms with Crippen molar-refractivity contribution in [3.05, 3.63) is 50.6 Å². The minimum Gasteiger partial charge on any atom is -0.494 e. The Kier molecular flexibility index (Phi) is 4.76. The number of H-pyrrole nitrogens is 1. The van der Waals surface area contributed by atoms with E-state index in [0.29, 0.717) is 13.2 Å². The van der Waals surface area contributed by atoms with Gasteiger partial charge in [0, 0.05) is 23.7 Å². The van der Waals surface area contributed by atoms with Crippen molar-refractivity contribution in [2.45, 2.75) is 26.4 Å². The maximum absolute atomic E-state index is 11.0. The fourth-order valence-corrected chi connectivity index (χ4v) is 2.38. The smallest absolute Gasteiger partial charge is 0.304 e. The molecule has 0 aliphatic heterocycles. The lowest BCUT2D eigenvalue weighted by Gasteiger charge is -2.14. The molecule has 1 aromatic carbocycles. The summed E-state index contributed by atoms with van der Waals surface area (Å²) in [7, 11) is 0. The number of thiazole rings is 1. The predicted octanol–water partition coefficient (Wildman–Crippen LogP) is 2.69. The van der Waals surface area contributed by atoms with Crippen molar-refractivity contribution in [1.82, 2.24) is 10.3 Å². The first-order valence-corrected chi connectivity index (χ1v) is 7.20. The van der Waals surface area contributed by atoms with Gasteiger partial charge in [-0.3, -0.25) is 4.79 Å². The van der Waals surface area contributed by atoms with E-state index in [4.69, 9.17) is 4.74 Å². The summed E-state index contributed by atoms with van der Waals surface area (Å²) in [5, 5.41) is 5.22. The second-order valence-electron chi connectivity index (χ2n) is 4.28. The summed E-state index contributed by atoms with van der Waals surface area (Å²) < 4.78 is 5.41. The lowest BCUT2D eigenvalue weighted by atomic mass is 10.1. The summed E-state index contributed by atoms with van der Waals surface area (Å²) in [4.78, 5) is 13.8. The van der Waals surface area contributed by atoms with E-state index in [2.05, 4.69) is 29.4 Å². The Balaban J connectivity index is 1.91. The molecule has 1 atom stereocenters. The van der Waals surface area contributed by atoms with Crippen molar-refractivity contribution < 1.29 is 4.74 Å². The molecule has 2 rings (SSSR count). The van der Waals surface area contributed by atoms with Gasteiger partial charge in [0.1, 0.15) is 5.75 Å². The molecular weight excluding hydrogens is 260 g/mol. The summed E-state index contributed by atoms with van der Waals surface area (Å²) >= 11 is 1.19. The van der Waals surface area contributed by atoms with Crippen LogP contribution in [-0.2, 0) is 6.54 Å². The fraction of sp³-hybridized carbons (Fsp3) is 0.357. The average molecular weight is 278 g/mol. The summed E-state index contributed by atoms with van der Waals surface area (Å²) in [6.07, 6.45) is 0. The van der Waals surface area contributed by atoms with Gasteiger partial charge in [-0.05, 0) is 31.5 Å². The fourth-order valence-electron chi connectivity index (χ4n) is 1.80. The second-order valence-corrected chi connectivity index (χ2v) is 5.12. The van der Waals surface area contributed by atoms with Gasteiger partial charge in [-0.25, -0.2) is 0 Å². The van der Waals surface area contributed by atoms with Crippen molar-refractivity contribution in [2.24, 2.45) is 0 Å². The molecule has 1 aromatic heterocycles. The minimum atomic E-state index is -0.00878. The highest BCUT2D eigenvalue weighted by Crippen LogP contribution is 2.17. The molecule has 1 unspecified atom stereocenters. The van der Waals surface area contributed by atoms with E-state index in [1.54, 1.807) is 0 Å². The van der Waals surface area contributed by atoms with Crippen molar-refractivity contribution in [3.63, 3.8) is 0 Å². The zero-order valence-corrected chi connectivity index (χ0v) is 11.9. The lowest BCUT2D eigenvalue weighted by molar-refractivity contribution is 0.340. The molecule has 0 saturated heterocycles. The molecule has 0 aliphatic carbocycles. The van der Waals surface area contributed by atoms with Gasteiger partial charge in [-0.1, -0.05) is 23.5 Å². The molecule has 2 N–H and O–H groups in total. The van der Waals surface area contributed by atoms with Crippen LogP contribution in [0.3, 0.4) is 0 Å². The highest BCUT2D eigenvalue weighted by Gasteiger charge is 2.06. The molecule has 5 heteroatoms. The highest BCUT2D eigenvalue weighted by molar-refractivity contribution is 7.07. The molecule has 1 heterocycles. The molecule has 0 fully saturated rings. The van der Waals surface area contributed by atoms with E-state index in [9.17, 15) is 4.79 Å². The van der Waals surface area contributed by atoms with E-state index in [0.717, 1.165) is 11.4 Å². The second kappa shape index (κ2) is 6.54. The van der Waals surface area contributed by atoms with Gasteiger partial charge in [0.25, 0.3) is 0 Å². The topological polar surface area (TPSA) is 54.1 Å². The van der Waals surface area contributed by atoms with E-state index in [1.165, 1.54) is 16.9 Å². The van der Waals surface area contributed by atoms with Crippen LogP contribution in [0.5, 0.6) is 5.75 Å². The first-order chi connectivity index (χ1) is 9.19. The standard InChI is InChI=1S/C14H18N2O2S/c1-3-18-13-6-4-11(5-7-13)10(2)15-8-12-9-19-14(17)16-12/h4-7,9-10,15H,3,8H2,1-2H3,(H,16,17). The van der Waals surface area contributed by atoms with Crippen LogP contribution in [0, 0.1) is 0 Å². The molecule has 4 nitrogen and oxygen atoms in total. The van der Waals surface area contributed by atoms with Gasteiger partial charge in [0.2, 0.25) is 0 Å². The summed E-state index contributed by atoms with van der Waals surface area (Å²) in [6.45, 7) is 5.41. The van der Waals surface area contributed by atoms with E-state index in [1.807, 2.05) is 24.4 Å². The van der Waals surface area contributed by atoms with Crippen LogP contribution in [0.4, 0.5) is 0 Å². The molecule has 0 saturated carbocycles. The Morgan fingerprint density at radius 1 is 1.37 bits per heavy atom. The van der Waals surface area contributed by atoms with Gasteiger partial charge in [0.05, 0.1) is 6.61 Å². The number of hydrogen-bond donors (Lipinski definition) is 2. The van der Waals surface area contributed by atoms with Crippen LogP contribution >= 0.6 is 11.3 Å². The molecule has 0 aliphatic rings. The third-order valence-corrected chi connectivity index (χ3v) is 3.58. The first kappa shape index (κ1) is 13.8. The van der Waals surface area contributed by atoms with Crippen LogP contribution in [0.25, 0.3) is 0 Å². The number of ether oxygens (including phenoxy) is 1. The zero-order chi connectivity index (χ0) is 13.7. The molecule has 102 valence electrons.